The molecule has 3 rings (SSSR count). The highest BCUT2D eigenvalue weighted by Crippen LogP contribution is 2.31. The van der Waals surface area contributed by atoms with Crippen LogP contribution in [-0.2, 0) is 16.1 Å². The first kappa shape index (κ1) is 12.8. The van der Waals surface area contributed by atoms with Crippen LogP contribution in [0.4, 0.5) is 5.13 Å². The van der Waals surface area contributed by atoms with Gasteiger partial charge < -0.3 is 14.5 Å². The summed E-state index contributed by atoms with van der Waals surface area (Å²) in [6, 6.07) is 0. The highest BCUT2D eigenvalue weighted by Gasteiger charge is 2.34. The van der Waals surface area contributed by atoms with Gasteiger partial charge in [-0.3, -0.25) is 4.79 Å². The van der Waals surface area contributed by atoms with Crippen molar-refractivity contribution in [1.82, 2.24) is 14.3 Å². The number of rotatable bonds is 4. The molecule has 2 heterocycles. The van der Waals surface area contributed by atoms with E-state index in [9.17, 15) is 4.79 Å². The van der Waals surface area contributed by atoms with E-state index in [1.807, 2.05) is 4.90 Å². The van der Waals surface area contributed by atoms with Crippen LogP contribution in [0, 0.1) is 5.92 Å². The lowest BCUT2D eigenvalue weighted by Gasteiger charge is -2.34. The van der Waals surface area contributed by atoms with E-state index in [1.165, 1.54) is 11.5 Å². The lowest BCUT2D eigenvalue weighted by atomic mass is 10.3. The fraction of sp³-hybridized carbons (Fsp3) is 0.750. The topological polar surface area (TPSA) is 58.6 Å². The molecule has 0 spiro atoms. The summed E-state index contributed by atoms with van der Waals surface area (Å²) in [4.78, 5) is 20.6. The van der Waals surface area contributed by atoms with Crippen molar-refractivity contribution in [3.05, 3.63) is 5.82 Å². The Kier molecular flexibility index (Phi) is 3.65. The van der Waals surface area contributed by atoms with Crippen molar-refractivity contribution in [3.8, 4) is 0 Å². The fourth-order valence-corrected chi connectivity index (χ4v) is 2.99. The van der Waals surface area contributed by atoms with E-state index in [-0.39, 0.29) is 0 Å². The Morgan fingerprint density at radius 3 is 2.74 bits per heavy atom. The maximum atomic E-state index is 12.0. The standard InChI is InChI=1S/C12H18N4O2S/c1-18-8-10-13-12(19-14-10)16-6-4-15(5-7-16)11(17)9-2-3-9/h9H,2-8H2,1H3. The number of carbonyl (C=O) groups excluding carboxylic acids is 1. The molecule has 2 aliphatic rings. The van der Waals surface area contributed by atoms with Gasteiger partial charge in [-0.25, -0.2) is 4.98 Å². The van der Waals surface area contributed by atoms with E-state index in [1.54, 1.807) is 7.11 Å². The van der Waals surface area contributed by atoms with Gasteiger partial charge in [0, 0.05) is 50.7 Å². The quantitative estimate of drug-likeness (QED) is 0.815. The SMILES string of the molecule is COCc1nsc(N2CCN(C(=O)C3CC3)CC2)n1. The number of nitrogens with zero attached hydrogens (tertiary/aromatic N) is 4. The summed E-state index contributed by atoms with van der Waals surface area (Å²) in [5.41, 5.74) is 0. The van der Waals surface area contributed by atoms with Gasteiger partial charge in [0.1, 0.15) is 6.61 Å². The third-order valence-electron chi connectivity index (χ3n) is 3.52. The van der Waals surface area contributed by atoms with Crippen LogP contribution in [0.5, 0.6) is 0 Å². The Labute approximate surface area is 116 Å². The van der Waals surface area contributed by atoms with E-state index in [0.29, 0.717) is 18.4 Å². The molecule has 1 saturated carbocycles. The van der Waals surface area contributed by atoms with Crippen molar-refractivity contribution in [1.29, 1.82) is 0 Å². The molecular weight excluding hydrogens is 264 g/mol. The molecule has 0 aromatic carbocycles. The molecule has 1 saturated heterocycles. The van der Waals surface area contributed by atoms with Crippen molar-refractivity contribution >= 4 is 22.6 Å². The van der Waals surface area contributed by atoms with Gasteiger partial charge in [-0.15, -0.1) is 0 Å². The smallest absolute Gasteiger partial charge is 0.225 e. The van der Waals surface area contributed by atoms with E-state index < -0.39 is 0 Å². The van der Waals surface area contributed by atoms with Gasteiger partial charge in [0.2, 0.25) is 11.0 Å². The number of ether oxygens (including phenoxy) is 1. The number of carbonyl (C=O) groups is 1. The molecule has 104 valence electrons. The van der Waals surface area contributed by atoms with Crippen LogP contribution in [0.2, 0.25) is 0 Å². The van der Waals surface area contributed by atoms with Crippen LogP contribution in [-0.4, -0.2) is 53.5 Å². The minimum atomic E-state index is 0.321. The van der Waals surface area contributed by atoms with Crippen LogP contribution >= 0.6 is 11.5 Å². The third-order valence-corrected chi connectivity index (χ3v) is 4.33. The second-order valence-corrected chi connectivity index (χ2v) is 5.74. The van der Waals surface area contributed by atoms with Crippen molar-refractivity contribution in [2.45, 2.75) is 19.4 Å². The van der Waals surface area contributed by atoms with Crippen LogP contribution in [0.1, 0.15) is 18.7 Å². The highest BCUT2D eigenvalue weighted by molar-refractivity contribution is 7.09. The Bertz CT molecular complexity index is 452. The van der Waals surface area contributed by atoms with Crippen LogP contribution in [0.3, 0.4) is 0 Å². The molecular formula is C12H18N4O2S. The first-order valence-electron chi connectivity index (χ1n) is 6.63. The molecule has 1 aliphatic carbocycles. The minimum Gasteiger partial charge on any atom is -0.377 e. The molecule has 2 fully saturated rings. The van der Waals surface area contributed by atoms with Crippen LogP contribution < -0.4 is 4.90 Å². The fourth-order valence-electron chi connectivity index (χ4n) is 2.27. The lowest BCUT2D eigenvalue weighted by molar-refractivity contribution is -0.132. The summed E-state index contributed by atoms with van der Waals surface area (Å²) in [7, 11) is 1.64. The number of methoxy groups -OCH3 is 1. The molecule has 1 aromatic rings. The average Bonchev–Trinajstić information content (AvgIpc) is 3.19. The van der Waals surface area contributed by atoms with Crippen molar-refractivity contribution in [2.24, 2.45) is 5.92 Å². The maximum absolute atomic E-state index is 12.0. The molecule has 7 heteroatoms. The third kappa shape index (κ3) is 2.87. The predicted octanol–water partition coefficient (Wildman–Crippen LogP) is 0.743. The summed E-state index contributed by atoms with van der Waals surface area (Å²) < 4.78 is 9.28. The van der Waals surface area contributed by atoms with E-state index in [2.05, 4.69) is 14.3 Å². The number of hydrogen-bond acceptors (Lipinski definition) is 6. The Hall–Kier alpha value is -1.21. The van der Waals surface area contributed by atoms with Crippen molar-refractivity contribution in [3.63, 3.8) is 0 Å². The summed E-state index contributed by atoms with van der Waals surface area (Å²) in [6.45, 7) is 3.75. The number of piperazine rings is 1. The molecule has 0 N–H and O–H groups in total. The molecule has 0 bridgehead atoms. The molecule has 0 radical (unpaired) electrons. The van der Waals surface area contributed by atoms with Gasteiger partial charge in [-0.05, 0) is 12.8 Å². The van der Waals surface area contributed by atoms with Gasteiger partial charge in [-0.2, -0.15) is 4.37 Å². The summed E-state index contributed by atoms with van der Waals surface area (Å²) in [5.74, 6) is 1.40. The van der Waals surface area contributed by atoms with Crippen LogP contribution in [0.15, 0.2) is 0 Å². The number of hydrogen-bond donors (Lipinski definition) is 0. The Morgan fingerprint density at radius 2 is 2.11 bits per heavy atom. The summed E-state index contributed by atoms with van der Waals surface area (Å²) in [5, 5.41) is 0.936. The number of anilines is 1. The molecule has 0 unspecified atom stereocenters. The van der Waals surface area contributed by atoms with Crippen molar-refractivity contribution in [2.75, 3.05) is 38.2 Å². The molecule has 0 atom stereocenters. The lowest BCUT2D eigenvalue weighted by Crippen LogP contribution is -2.49. The van der Waals surface area contributed by atoms with Gasteiger partial charge in [-0.1, -0.05) is 0 Å². The van der Waals surface area contributed by atoms with Gasteiger partial charge >= 0.3 is 0 Å². The first-order chi connectivity index (χ1) is 9.28. The van der Waals surface area contributed by atoms with E-state index in [0.717, 1.165) is 50.0 Å². The Morgan fingerprint density at radius 1 is 1.37 bits per heavy atom. The zero-order chi connectivity index (χ0) is 13.2. The molecule has 6 nitrogen and oxygen atoms in total. The minimum absolute atomic E-state index is 0.321. The predicted molar refractivity (Wildman–Crippen MR) is 72.1 cm³/mol. The molecule has 1 aromatic heterocycles. The second kappa shape index (κ2) is 5.42. The van der Waals surface area contributed by atoms with Gasteiger partial charge in [0.15, 0.2) is 5.82 Å². The zero-order valence-electron chi connectivity index (χ0n) is 11.0. The van der Waals surface area contributed by atoms with E-state index >= 15 is 0 Å². The summed E-state index contributed by atoms with van der Waals surface area (Å²) >= 11 is 1.41. The normalized spacial score (nSPS) is 19.8. The van der Waals surface area contributed by atoms with Crippen molar-refractivity contribution < 1.29 is 9.53 Å². The monoisotopic (exact) mass is 282 g/mol. The van der Waals surface area contributed by atoms with Gasteiger partial charge in [0.05, 0.1) is 0 Å². The van der Waals surface area contributed by atoms with E-state index in [4.69, 9.17) is 4.74 Å². The molecule has 19 heavy (non-hydrogen) atoms. The highest BCUT2D eigenvalue weighted by atomic mass is 32.1. The largest absolute Gasteiger partial charge is 0.377 e. The molecule has 1 amide bonds. The maximum Gasteiger partial charge on any atom is 0.225 e. The number of aromatic nitrogens is 2. The molecule has 1 aliphatic heterocycles. The van der Waals surface area contributed by atoms with Crippen LogP contribution in [0.25, 0.3) is 0 Å². The average molecular weight is 282 g/mol. The summed E-state index contributed by atoms with van der Waals surface area (Å²) in [6.07, 6.45) is 2.16. The second-order valence-electron chi connectivity index (χ2n) is 5.01. The zero-order valence-corrected chi connectivity index (χ0v) is 11.9. The Balaban J connectivity index is 1.55. The first-order valence-corrected chi connectivity index (χ1v) is 7.40. The van der Waals surface area contributed by atoms with Gasteiger partial charge in [0.25, 0.3) is 0 Å². The number of amides is 1.